The van der Waals surface area contributed by atoms with E-state index in [9.17, 15) is 4.79 Å². The van der Waals surface area contributed by atoms with E-state index < -0.39 is 0 Å². The second-order valence-corrected chi connectivity index (χ2v) is 3.70. The summed E-state index contributed by atoms with van der Waals surface area (Å²) < 4.78 is 1.91. The number of rotatable bonds is 4. The van der Waals surface area contributed by atoms with Crippen LogP contribution in [0.5, 0.6) is 0 Å². The van der Waals surface area contributed by atoms with Crippen LogP contribution in [0.2, 0.25) is 0 Å². The first-order chi connectivity index (χ1) is 7.74. The van der Waals surface area contributed by atoms with Crippen LogP contribution in [-0.4, -0.2) is 26.9 Å². The third kappa shape index (κ3) is 1.81. The highest BCUT2D eigenvalue weighted by molar-refractivity contribution is 6.04. The Kier molecular flexibility index (Phi) is 2.96. The second kappa shape index (κ2) is 4.40. The maximum Gasteiger partial charge on any atom is 0.178 e. The van der Waals surface area contributed by atoms with Gasteiger partial charge in [0.2, 0.25) is 0 Å². The molecule has 2 rings (SSSR count). The minimum atomic E-state index is 0.0192. The highest BCUT2D eigenvalue weighted by atomic mass is 16.1. The number of hydrogen-bond acceptors (Lipinski definition) is 4. The Morgan fingerprint density at radius 1 is 1.56 bits per heavy atom. The van der Waals surface area contributed by atoms with Crippen LogP contribution >= 0.6 is 0 Å². The molecule has 0 unspecified atom stereocenters. The molecular weight excluding hydrogens is 204 g/mol. The van der Waals surface area contributed by atoms with Gasteiger partial charge in [-0.2, -0.15) is 0 Å². The first-order valence-corrected chi connectivity index (χ1v) is 5.24. The summed E-state index contributed by atoms with van der Waals surface area (Å²) in [5.74, 6) is 0.0192. The van der Waals surface area contributed by atoms with Crippen molar-refractivity contribution in [2.45, 2.75) is 19.9 Å². The predicted octanol–water partition coefficient (Wildman–Crippen LogP) is 0.983. The number of ketones is 1. The highest BCUT2D eigenvalue weighted by Gasteiger charge is 2.13. The van der Waals surface area contributed by atoms with Crippen LogP contribution in [0.15, 0.2) is 18.7 Å². The van der Waals surface area contributed by atoms with Crippen LogP contribution < -0.4 is 5.73 Å². The Morgan fingerprint density at radius 2 is 2.38 bits per heavy atom. The number of nitrogens with two attached hydrogens (primary N) is 1. The minimum Gasteiger partial charge on any atom is -0.343 e. The van der Waals surface area contributed by atoms with Crippen molar-refractivity contribution in [2.75, 3.05) is 6.54 Å². The van der Waals surface area contributed by atoms with E-state index in [1.807, 2.05) is 10.8 Å². The standard InChI is InChI=1S/C11H14N4O/c1-8(16)11-10-9(5-13-7-14-10)6-15(11)4-2-3-12/h5-7H,2-4,12H2,1H3. The predicted molar refractivity (Wildman–Crippen MR) is 61.2 cm³/mol. The number of aryl methyl sites for hydroxylation is 1. The molecule has 0 saturated carbocycles. The molecule has 2 N–H and O–H groups in total. The van der Waals surface area contributed by atoms with Crippen LogP contribution in [0.1, 0.15) is 23.8 Å². The van der Waals surface area contributed by atoms with Crippen molar-refractivity contribution >= 4 is 16.7 Å². The van der Waals surface area contributed by atoms with Crippen molar-refractivity contribution in [3.63, 3.8) is 0 Å². The zero-order chi connectivity index (χ0) is 11.5. The van der Waals surface area contributed by atoms with Gasteiger partial charge < -0.3 is 10.3 Å². The number of carbonyl (C=O) groups excluding carboxylic acids is 1. The van der Waals surface area contributed by atoms with Gasteiger partial charge in [0.1, 0.15) is 17.5 Å². The summed E-state index contributed by atoms with van der Waals surface area (Å²) in [6.45, 7) is 2.90. The van der Waals surface area contributed by atoms with Gasteiger partial charge in [-0.05, 0) is 13.0 Å². The molecular formula is C11H14N4O. The lowest BCUT2D eigenvalue weighted by atomic mass is 10.2. The molecule has 84 valence electrons. The monoisotopic (exact) mass is 218 g/mol. The molecule has 0 amide bonds. The molecule has 0 atom stereocenters. The lowest BCUT2D eigenvalue weighted by Crippen LogP contribution is -2.10. The van der Waals surface area contributed by atoms with E-state index in [1.165, 1.54) is 6.33 Å². The lowest BCUT2D eigenvalue weighted by molar-refractivity contribution is 0.101. The zero-order valence-corrected chi connectivity index (χ0v) is 9.18. The van der Waals surface area contributed by atoms with Gasteiger partial charge in [0, 0.05) is 31.2 Å². The summed E-state index contributed by atoms with van der Waals surface area (Å²) in [7, 11) is 0. The first kappa shape index (κ1) is 10.8. The second-order valence-electron chi connectivity index (χ2n) is 3.70. The largest absolute Gasteiger partial charge is 0.343 e. The maximum absolute atomic E-state index is 11.6. The number of hydrogen-bond donors (Lipinski definition) is 1. The molecule has 0 aliphatic carbocycles. The quantitative estimate of drug-likeness (QED) is 0.776. The smallest absolute Gasteiger partial charge is 0.178 e. The third-order valence-corrected chi connectivity index (χ3v) is 2.48. The van der Waals surface area contributed by atoms with Crippen LogP contribution in [0.4, 0.5) is 0 Å². The SMILES string of the molecule is CC(=O)c1c2ncncc2cn1CCCN. The summed E-state index contributed by atoms with van der Waals surface area (Å²) in [4.78, 5) is 19.7. The van der Waals surface area contributed by atoms with E-state index in [0.29, 0.717) is 12.2 Å². The normalized spacial score (nSPS) is 10.9. The van der Waals surface area contributed by atoms with E-state index >= 15 is 0 Å². The number of Topliss-reactive ketones (excluding diaryl/α,β-unsaturated/α-hetero) is 1. The summed E-state index contributed by atoms with van der Waals surface area (Å²) in [6.07, 6.45) is 5.92. The van der Waals surface area contributed by atoms with Crippen molar-refractivity contribution < 1.29 is 4.79 Å². The summed E-state index contributed by atoms with van der Waals surface area (Å²) >= 11 is 0. The van der Waals surface area contributed by atoms with Gasteiger partial charge >= 0.3 is 0 Å². The van der Waals surface area contributed by atoms with Gasteiger partial charge in [-0.15, -0.1) is 0 Å². The summed E-state index contributed by atoms with van der Waals surface area (Å²) in [6, 6.07) is 0. The summed E-state index contributed by atoms with van der Waals surface area (Å²) in [5.41, 5.74) is 6.84. The Morgan fingerprint density at radius 3 is 3.06 bits per heavy atom. The Labute approximate surface area is 93.3 Å². The number of fused-ring (bicyclic) bond motifs is 1. The molecule has 0 radical (unpaired) electrons. The molecule has 16 heavy (non-hydrogen) atoms. The Hall–Kier alpha value is -1.75. The fraction of sp³-hybridized carbons (Fsp3) is 0.364. The third-order valence-electron chi connectivity index (χ3n) is 2.48. The number of carbonyl (C=O) groups is 1. The molecule has 0 spiro atoms. The molecule has 0 saturated heterocycles. The first-order valence-electron chi connectivity index (χ1n) is 5.24. The molecule has 0 fully saturated rings. The van der Waals surface area contributed by atoms with Gasteiger partial charge in [-0.1, -0.05) is 0 Å². The van der Waals surface area contributed by atoms with Crippen molar-refractivity contribution in [3.8, 4) is 0 Å². The number of aromatic nitrogens is 3. The van der Waals surface area contributed by atoms with Crippen molar-refractivity contribution in [3.05, 3.63) is 24.4 Å². The van der Waals surface area contributed by atoms with Crippen LogP contribution in [0.3, 0.4) is 0 Å². The minimum absolute atomic E-state index is 0.0192. The van der Waals surface area contributed by atoms with E-state index in [0.717, 1.165) is 23.9 Å². The fourth-order valence-corrected chi connectivity index (χ4v) is 1.81. The zero-order valence-electron chi connectivity index (χ0n) is 9.18. The molecule has 5 heteroatoms. The fourth-order valence-electron chi connectivity index (χ4n) is 1.81. The van der Waals surface area contributed by atoms with Gasteiger partial charge in [-0.25, -0.2) is 9.97 Å². The van der Waals surface area contributed by atoms with Crippen molar-refractivity contribution in [1.82, 2.24) is 14.5 Å². The Balaban J connectivity index is 2.54. The van der Waals surface area contributed by atoms with Gasteiger partial charge in [0.05, 0.1) is 0 Å². The van der Waals surface area contributed by atoms with Gasteiger partial charge in [0.25, 0.3) is 0 Å². The Bertz CT molecular complexity index is 518. The highest BCUT2D eigenvalue weighted by Crippen LogP contribution is 2.18. The lowest BCUT2D eigenvalue weighted by Gasteiger charge is -2.04. The average Bonchev–Trinajstić information content (AvgIpc) is 2.64. The van der Waals surface area contributed by atoms with Crippen molar-refractivity contribution in [1.29, 1.82) is 0 Å². The van der Waals surface area contributed by atoms with E-state index in [1.54, 1.807) is 13.1 Å². The molecule has 5 nitrogen and oxygen atoms in total. The molecule has 0 bridgehead atoms. The van der Waals surface area contributed by atoms with Crippen LogP contribution in [0.25, 0.3) is 10.9 Å². The van der Waals surface area contributed by atoms with E-state index in [4.69, 9.17) is 5.73 Å². The number of nitrogens with zero attached hydrogens (tertiary/aromatic N) is 3. The van der Waals surface area contributed by atoms with E-state index in [-0.39, 0.29) is 5.78 Å². The average molecular weight is 218 g/mol. The molecule has 0 aromatic carbocycles. The summed E-state index contributed by atoms with van der Waals surface area (Å²) in [5, 5.41) is 0.893. The molecule has 2 aromatic rings. The van der Waals surface area contributed by atoms with Crippen molar-refractivity contribution in [2.24, 2.45) is 5.73 Å². The molecule has 2 aromatic heterocycles. The van der Waals surface area contributed by atoms with E-state index in [2.05, 4.69) is 9.97 Å². The topological polar surface area (TPSA) is 73.8 Å². The van der Waals surface area contributed by atoms with Crippen LogP contribution in [-0.2, 0) is 6.54 Å². The molecule has 0 aliphatic rings. The van der Waals surface area contributed by atoms with Crippen LogP contribution in [0, 0.1) is 0 Å². The van der Waals surface area contributed by atoms with Gasteiger partial charge in [0.15, 0.2) is 5.78 Å². The maximum atomic E-state index is 11.6. The van der Waals surface area contributed by atoms with Gasteiger partial charge in [-0.3, -0.25) is 4.79 Å². The molecule has 0 aliphatic heterocycles. The molecule has 2 heterocycles.